The third-order valence-corrected chi connectivity index (χ3v) is 9.18. The Labute approximate surface area is 356 Å². The number of nitrogens with zero attached hydrogens (tertiary/aromatic N) is 3. The number of benzene rings is 4. The maximum Gasteiger partial charge on any atom is 1.00 e. The Hall–Kier alpha value is -0.0900. The van der Waals surface area contributed by atoms with Crippen molar-refractivity contribution < 1.29 is 180 Å². The molecule has 4 aromatic rings. The molecule has 25 heteroatoms. The monoisotopic (exact) mass is 763 g/mol. The summed E-state index contributed by atoms with van der Waals surface area (Å²) >= 11 is 0. The van der Waals surface area contributed by atoms with Gasteiger partial charge in [-0.2, -0.15) is 16.8 Å². The SMILES string of the molecule is CC([O-])=Nc1cc(S(=O)(=O)[O-])cc2cc(S(=O)(=O)O)c(N=Nc3ccc4c(S(=O)(=O)[O-])cccc4c3S(=O)(=O)O)c([O-])c12.[Na+].[Na+].[Na+].[Na+]. The number of aliphatic imine (C=N–C) groups is 1. The summed E-state index contributed by atoms with van der Waals surface area (Å²) in [7, 11) is -21.0. The minimum Gasteiger partial charge on any atom is -0.870 e. The van der Waals surface area contributed by atoms with Gasteiger partial charge in [0.15, 0.2) is 0 Å². The van der Waals surface area contributed by atoms with E-state index in [1.807, 2.05) is 0 Å². The fraction of sp³-hybridized carbons (Fsp3) is 0.0455. The van der Waals surface area contributed by atoms with Crippen LogP contribution in [0.1, 0.15) is 6.92 Å². The van der Waals surface area contributed by atoms with Crippen LogP contribution in [-0.4, -0.2) is 57.8 Å². The van der Waals surface area contributed by atoms with E-state index in [-0.39, 0.29) is 118 Å². The van der Waals surface area contributed by atoms with Gasteiger partial charge in [0.05, 0.1) is 21.2 Å². The van der Waals surface area contributed by atoms with E-state index in [1.54, 1.807) is 0 Å². The molecule has 0 unspecified atom stereocenters. The smallest absolute Gasteiger partial charge is 0.870 e. The molecule has 0 fully saturated rings. The minimum atomic E-state index is -5.38. The fourth-order valence-electron chi connectivity index (χ4n) is 4.08. The predicted molar refractivity (Wildman–Crippen MR) is 140 cm³/mol. The summed E-state index contributed by atoms with van der Waals surface area (Å²) < 4.78 is 138. The molecule has 0 saturated carbocycles. The van der Waals surface area contributed by atoms with Crippen molar-refractivity contribution in [3.8, 4) is 5.75 Å². The quantitative estimate of drug-likeness (QED) is 0.0581. The summed E-state index contributed by atoms with van der Waals surface area (Å²) in [5.41, 5.74) is -2.69. The number of azo groups is 1. The van der Waals surface area contributed by atoms with Gasteiger partial charge in [0.1, 0.15) is 35.7 Å². The summed E-state index contributed by atoms with van der Waals surface area (Å²) in [5, 5.41) is 29.9. The Bertz CT molecular complexity index is 2380. The predicted octanol–water partition coefficient (Wildman–Crippen LogP) is -10.8. The van der Waals surface area contributed by atoms with Gasteiger partial charge in [-0.3, -0.25) is 14.1 Å². The van der Waals surface area contributed by atoms with Crippen LogP contribution in [0, 0.1) is 0 Å². The van der Waals surface area contributed by atoms with E-state index in [0.717, 1.165) is 37.3 Å². The maximum atomic E-state index is 13.4. The number of hydrogen-bond acceptors (Lipinski definition) is 15. The standard InChI is InChI=1S/C22H17N3O14S4.4Na/c1-10(26)23-16-9-12(40(28,29)30)7-11-8-18(42(34,35)36)20(21(27)19(11)16)25-24-15-6-5-13-14(22(15)43(37,38)39)3-2-4-17(13)41(31,32)33;;;;/h2-9,27H,1H3,(H,23,26)(H,28,29,30)(H,31,32,33)(H,34,35,36)(H,37,38,39);;;;/q;4*+1/p-4. The minimum absolute atomic E-state index is 0. The Balaban J connectivity index is 0.00000529. The summed E-state index contributed by atoms with van der Waals surface area (Å²) in [4.78, 5) is -0.792. The zero-order chi connectivity index (χ0) is 32.3. The molecule has 2 N–H and O–H groups in total. The van der Waals surface area contributed by atoms with Gasteiger partial charge in [-0.05, 0) is 48.5 Å². The van der Waals surface area contributed by atoms with Crippen molar-refractivity contribution in [3.05, 3.63) is 48.5 Å². The van der Waals surface area contributed by atoms with Crippen LogP contribution in [0.4, 0.5) is 17.1 Å². The number of hydrogen-bond donors (Lipinski definition) is 2. The first kappa shape index (κ1) is 46.9. The Morgan fingerprint density at radius 3 is 1.79 bits per heavy atom. The normalized spacial score (nSPS) is 12.6. The second-order valence-electron chi connectivity index (χ2n) is 8.55. The first-order chi connectivity index (χ1) is 19.6. The van der Waals surface area contributed by atoms with E-state index in [9.17, 15) is 62.1 Å². The molecule has 0 aliphatic heterocycles. The van der Waals surface area contributed by atoms with E-state index in [1.165, 1.54) is 0 Å². The van der Waals surface area contributed by atoms with Gasteiger partial charge in [0.25, 0.3) is 20.2 Å². The van der Waals surface area contributed by atoms with Gasteiger partial charge in [-0.15, -0.1) is 10.2 Å². The Morgan fingerprint density at radius 1 is 0.702 bits per heavy atom. The fourth-order valence-corrected chi connectivity index (χ4v) is 6.78. The molecule has 0 saturated heterocycles. The van der Waals surface area contributed by atoms with E-state index >= 15 is 0 Å². The molecule has 0 atom stereocenters. The molecule has 0 aliphatic rings. The first-order valence-corrected chi connectivity index (χ1v) is 16.7. The molecule has 47 heavy (non-hydrogen) atoms. The topological polar surface area (TPSA) is 306 Å². The molecular formula is C22H13N3Na4O14S4. The summed E-state index contributed by atoms with van der Waals surface area (Å²) in [6.45, 7) is 0.905. The summed E-state index contributed by atoms with van der Waals surface area (Å²) in [5.74, 6) is -2.41. The van der Waals surface area contributed by atoms with Crippen molar-refractivity contribution >= 4 is 85.0 Å². The largest absolute Gasteiger partial charge is 1.00 e. The van der Waals surface area contributed by atoms with Crippen LogP contribution in [0.15, 0.2) is 83.3 Å². The summed E-state index contributed by atoms with van der Waals surface area (Å²) in [6, 6.07) is 6.19. The Kier molecular flexibility index (Phi) is 16.9. The van der Waals surface area contributed by atoms with E-state index < -0.39 is 110 Å². The van der Waals surface area contributed by atoms with Crippen molar-refractivity contribution in [1.29, 1.82) is 0 Å². The van der Waals surface area contributed by atoms with Gasteiger partial charge in [-0.25, -0.2) is 16.8 Å². The zero-order valence-corrected chi connectivity index (χ0v) is 36.2. The molecule has 0 bridgehead atoms. The van der Waals surface area contributed by atoms with Gasteiger partial charge >= 0.3 is 118 Å². The van der Waals surface area contributed by atoms with Crippen molar-refractivity contribution in [2.75, 3.05) is 0 Å². The third-order valence-electron chi connectivity index (χ3n) is 5.66. The average molecular weight is 764 g/mol. The van der Waals surface area contributed by atoms with Crippen LogP contribution < -0.4 is 128 Å². The molecule has 0 aromatic heterocycles. The molecule has 228 valence electrons. The molecule has 0 spiro atoms. The van der Waals surface area contributed by atoms with Crippen LogP contribution in [-0.2, 0) is 40.5 Å². The molecule has 0 amide bonds. The van der Waals surface area contributed by atoms with Gasteiger partial charge < -0.3 is 19.3 Å². The molecule has 0 radical (unpaired) electrons. The van der Waals surface area contributed by atoms with E-state index in [4.69, 9.17) is 0 Å². The van der Waals surface area contributed by atoms with Crippen molar-refractivity contribution in [3.63, 3.8) is 0 Å². The van der Waals surface area contributed by atoms with Crippen LogP contribution in [0.25, 0.3) is 21.5 Å². The molecule has 17 nitrogen and oxygen atoms in total. The molecular weight excluding hydrogens is 750 g/mol. The van der Waals surface area contributed by atoms with E-state index in [2.05, 4.69) is 15.2 Å². The number of rotatable bonds is 7. The Morgan fingerprint density at radius 2 is 1.30 bits per heavy atom. The van der Waals surface area contributed by atoms with Crippen LogP contribution >= 0.6 is 0 Å². The van der Waals surface area contributed by atoms with Crippen LogP contribution in [0.2, 0.25) is 0 Å². The van der Waals surface area contributed by atoms with Gasteiger partial charge in [0.2, 0.25) is 0 Å². The van der Waals surface area contributed by atoms with Crippen molar-refractivity contribution in [2.24, 2.45) is 15.2 Å². The average Bonchev–Trinajstić information content (AvgIpc) is 2.84. The molecule has 4 aromatic carbocycles. The first-order valence-electron chi connectivity index (χ1n) is 11.0. The zero-order valence-electron chi connectivity index (χ0n) is 24.9. The van der Waals surface area contributed by atoms with Crippen LogP contribution in [0.5, 0.6) is 5.75 Å². The van der Waals surface area contributed by atoms with E-state index in [0.29, 0.717) is 18.2 Å². The van der Waals surface area contributed by atoms with Crippen molar-refractivity contribution in [1.82, 2.24) is 0 Å². The second kappa shape index (κ2) is 17.0. The third kappa shape index (κ3) is 10.5. The molecule has 0 heterocycles. The van der Waals surface area contributed by atoms with Crippen LogP contribution in [0.3, 0.4) is 0 Å². The maximum absolute atomic E-state index is 13.4. The molecule has 4 rings (SSSR count). The van der Waals surface area contributed by atoms with Gasteiger partial charge in [-0.1, -0.05) is 23.9 Å². The second-order valence-corrected chi connectivity index (χ2v) is 14.0. The van der Waals surface area contributed by atoms with Crippen molar-refractivity contribution in [2.45, 2.75) is 26.5 Å². The van der Waals surface area contributed by atoms with Gasteiger partial charge in [0, 0.05) is 16.2 Å². The summed E-state index contributed by atoms with van der Waals surface area (Å²) in [6.07, 6.45) is 0. The molecule has 0 aliphatic carbocycles. The number of fused-ring (bicyclic) bond motifs is 2.